The number of carboxylic acids is 1. The number of carbonyl (C=O) groups is 2. The second kappa shape index (κ2) is 5.69. The Balaban J connectivity index is 2.71. The summed E-state index contributed by atoms with van der Waals surface area (Å²) in [4.78, 5) is 22.8. The number of aliphatic carboxylic acids is 1. The van der Waals surface area contributed by atoms with Crippen LogP contribution in [-0.4, -0.2) is 23.1 Å². The average molecular weight is 268 g/mol. The van der Waals surface area contributed by atoms with Crippen LogP contribution >= 0.6 is 0 Å². The van der Waals surface area contributed by atoms with Crippen LogP contribution in [-0.2, 0) is 4.79 Å². The molecule has 0 aliphatic rings. The van der Waals surface area contributed by atoms with Crippen LogP contribution in [0.25, 0.3) is 0 Å². The highest BCUT2D eigenvalue weighted by Crippen LogP contribution is 2.19. The van der Waals surface area contributed by atoms with E-state index in [-0.39, 0.29) is 5.69 Å². The van der Waals surface area contributed by atoms with E-state index >= 15 is 0 Å². The fourth-order valence-corrected chi connectivity index (χ4v) is 1.51. The van der Waals surface area contributed by atoms with Gasteiger partial charge in [-0.15, -0.1) is 0 Å². The number of urea groups is 1. The Hall–Kier alpha value is -2.11. The van der Waals surface area contributed by atoms with Gasteiger partial charge in [0.2, 0.25) is 0 Å². The standard InChI is InChI=1S/C13H17FN2O3/c1-13(2,3)10(11(17)18)16-12(19)15-9-6-4-5-8(14)7-9/h4-7,10H,1-3H3,(H,17,18)(H2,15,16,19)/t10-/m1/s1. The van der Waals surface area contributed by atoms with E-state index in [4.69, 9.17) is 5.11 Å². The summed E-state index contributed by atoms with van der Waals surface area (Å²) in [6.45, 7) is 5.11. The number of carboxylic acid groups (broad SMARTS) is 1. The maximum absolute atomic E-state index is 12.9. The first-order valence-electron chi connectivity index (χ1n) is 5.76. The minimum absolute atomic E-state index is 0.260. The molecule has 1 aromatic carbocycles. The van der Waals surface area contributed by atoms with Crippen LogP contribution in [0.5, 0.6) is 0 Å². The highest BCUT2D eigenvalue weighted by atomic mass is 19.1. The number of hydrogen-bond donors (Lipinski definition) is 3. The van der Waals surface area contributed by atoms with Gasteiger partial charge in [0.1, 0.15) is 11.9 Å². The van der Waals surface area contributed by atoms with Crippen molar-refractivity contribution in [3.63, 3.8) is 0 Å². The van der Waals surface area contributed by atoms with Gasteiger partial charge in [0.15, 0.2) is 0 Å². The minimum atomic E-state index is -1.12. The first-order valence-corrected chi connectivity index (χ1v) is 5.76. The van der Waals surface area contributed by atoms with Crippen LogP contribution in [0.4, 0.5) is 14.9 Å². The summed E-state index contributed by atoms with van der Waals surface area (Å²) in [5, 5.41) is 13.8. The Labute approximate surface area is 110 Å². The molecule has 5 nitrogen and oxygen atoms in total. The summed E-state index contributed by atoms with van der Waals surface area (Å²) < 4.78 is 12.9. The molecule has 0 aromatic heterocycles. The maximum atomic E-state index is 12.9. The monoisotopic (exact) mass is 268 g/mol. The number of benzene rings is 1. The van der Waals surface area contributed by atoms with Crippen molar-refractivity contribution in [1.29, 1.82) is 0 Å². The number of hydrogen-bond acceptors (Lipinski definition) is 2. The van der Waals surface area contributed by atoms with Gasteiger partial charge < -0.3 is 15.7 Å². The van der Waals surface area contributed by atoms with Gasteiger partial charge >= 0.3 is 12.0 Å². The molecule has 0 aliphatic carbocycles. The van der Waals surface area contributed by atoms with Crippen LogP contribution in [0.2, 0.25) is 0 Å². The van der Waals surface area contributed by atoms with Crippen molar-refractivity contribution in [2.24, 2.45) is 5.41 Å². The van der Waals surface area contributed by atoms with Crippen molar-refractivity contribution >= 4 is 17.7 Å². The lowest BCUT2D eigenvalue weighted by molar-refractivity contribution is -0.141. The second-order valence-corrected chi connectivity index (χ2v) is 5.25. The van der Waals surface area contributed by atoms with Gasteiger partial charge in [-0.3, -0.25) is 0 Å². The number of anilines is 1. The lowest BCUT2D eigenvalue weighted by Gasteiger charge is -2.27. The Morgan fingerprint density at radius 3 is 2.42 bits per heavy atom. The number of rotatable bonds is 3. The lowest BCUT2D eigenvalue weighted by Crippen LogP contribution is -2.50. The summed E-state index contributed by atoms with van der Waals surface area (Å²) in [6, 6.07) is 3.62. The van der Waals surface area contributed by atoms with Crippen molar-refractivity contribution < 1.29 is 19.1 Å². The molecule has 0 spiro atoms. The summed E-state index contributed by atoms with van der Waals surface area (Å²) in [5.74, 6) is -1.61. The van der Waals surface area contributed by atoms with Gasteiger partial charge in [0, 0.05) is 5.69 Å². The van der Waals surface area contributed by atoms with E-state index in [1.807, 2.05) is 0 Å². The van der Waals surface area contributed by atoms with Gasteiger partial charge in [-0.1, -0.05) is 26.8 Å². The first-order chi connectivity index (χ1) is 8.70. The molecule has 0 bridgehead atoms. The van der Waals surface area contributed by atoms with Gasteiger partial charge in [-0.05, 0) is 23.6 Å². The number of amides is 2. The molecule has 1 rings (SSSR count). The van der Waals surface area contributed by atoms with Gasteiger partial charge in [0.05, 0.1) is 0 Å². The Bertz CT molecular complexity index is 483. The molecular formula is C13H17FN2O3. The molecule has 6 heteroatoms. The zero-order valence-corrected chi connectivity index (χ0v) is 11.0. The number of nitrogens with one attached hydrogen (secondary N) is 2. The summed E-state index contributed by atoms with van der Waals surface area (Å²) in [6.07, 6.45) is 0. The van der Waals surface area contributed by atoms with Crippen molar-refractivity contribution in [3.05, 3.63) is 30.1 Å². The fourth-order valence-electron chi connectivity index (χ4n) is 1.51. The van der Waals surface area contributed by atoms with Crippen molar-refractivity contribution in [2.75, 3.05) is 5.32 Å². The molecule has 19 heavy (non-hydrogen) atoms. The minimum Gasteiger partial charge on any atom is -0.480 e. The molecule has 2 amide bonds. The zero-order chi connectivity index (χ0) is 14.6. The molecule has 0 radical (unpaired) electrons. The van der Waals surface area contributed by atoms with Crippen LogP contribution in [0.15, 0.2) is 24.3 Å². The van der Waals surface area contributed by atoms with Crippen molar-refractivity contribution in [3.8, 4) is 0 Å². The molecule has 0 heterocycles. The van der Waals surface area contributed by atoms with Crippen LogP contribution in [0.1, 0.15) is 20.8 Å². The SMILES string of the molecule is CC(C)(C)[C@H](NC(=O)Nc1cccc(F)c1)C(=O)O. The largest absolute Gasteiger partial charge is 0.480 e. The molecule has 0 unspecified atom stereocenters. The smallest absolute Gasteiger partial charge is 0.326 e. The Morgan fingerprint density at radius 1 is 1.32 bits per heavy atom. The van der Waals surface area contributed by atoms with E-state index in [1.54, 1.807) is 20.8 Å². The molecule has 0 saturated carbocycles. The topological polar surface area (TPSA) is 78.4 Å². The molecule has 0 saturated heterocycles. The fraction of sp³-hybridized carbons (Fsp3) is 0.385. The molecule has 3 N–H and O–H groups in total. The third-order valence-corrected chi connectivity index (χ3v) is 2.47. The predicted octanol–water partition coefficient (Wildman–Crippen LogP) is 2.45. The first kappa shape index (κ1) is 14.9. The van der Waals surface area contributed by atoms with E-state index in [0.717, 1.165) is 6.07 Å². The normalized spacial score (nSPS) is 12.6. The van der Waals surface area contributed by atoms with E-state index in [9.17, 15) is 14.0 Å². The molecule has 104 valence electrons. The molecule has 0 aliphatic heterocycles. The van der Waals surface area contributed by atoms with Crippen LogP contribution in [0, 0.1) is 11.2 Å². The predicted molar refractivity (Wildman–Crippen MR) is 69.4 cm³/mol. The third-order valence-electron chi connectivity index (χ3n) is 2.47. The molecular weight excluding hydrogens is 251 g/mol. The van der Waals surface area contributed by atoms with Crippen molar-refractivity contribution in [1.82, 2.24) is 5.32 Å². The molecule has 1 atom stereocenters. The highest BCUT2D eigenvalue weighted by Gasteiger charge is 2.32. The Kier molecular flexibility index (Phi) is 4.47. The number of carbonyl (C=O) groups excluding carboxylic acids is 1. The number of halogens is 1. The average Bonchev–Trinajstić information content (AvgIpc) is 2.24. The molecule has 1 aromatic rings. The summed E-state index contributed by atoms with van der Waals surface area (Å²) >= 11 is 0. The van der Waals surface area contributed by atoms with Gasteiger partial charge in [0.25, 0.3) is 0 Å². The highest BCUT2D eigenvalue weighted by molar-refractivity contribution is 5.92. The third kappa shape index (κ3) is 4.57. The summed E-state index contributed by atoms with van der Waals surface area (Å²) in [5.41, 5.74) is -0.374. The zero-order valence-electron chi connectivity index (χ0n) is 11.0. The Morgan fingerprint density at radius 2 is 1.95 bits per heavy atom. The summed E-state index contributed by atoms with van der Waals surface area (Å²) in [7, 11) is 0. The quantitative estimate of drug-likeness (QED) is 0.787. The second-order valence-electron chi connectivity index (χ2n) is 5.25. The van der Waals surface area contributed by atoms with E-state index in [0.29, 0.717) is 0 Å². The van der Waals surface area contributed by atoms with E-state index in [1.165, 1.54) is 18.2 Å². The van der Waals surface area contributed by atoms with Gasteiger partial charge in [-0.25, -0.2) is 14.0 Å². The van der Waals surface area contributed by atoms with Crippen molar-refractivity contribution in [2.45, 2.75) is 26.8 Å². The molecule has 0 fully saturated rings. The van der Waals surface area contributed by atoms with Gasteiger partial charge in [-0.2, -0.15) is 0 Å². The van der Waals surface area contributed by atoms with E-state index in [2.05, 4.69) is 10.6 Å². The van der Waals surface area contributed by atoms with Crippen LogP contribution in [0.3, 0.4) is 0 Å². The lowest BCUT2D eigenvalue weighted by atomic mass is 9.87. The van der Waals surface area contributed by atoms with E-state index < -0.39 is 29.3 Å². The maximum Gasteiger partial charge on any atom is 0.326 e. The van der Waals surface area contributed by atoms with Crippen LogP contribution < -0.4 is 10.6 Å².